The Bertz CT molecular complexity index is 829. The van der Waals surface area contributed by atoms with E-state index >= 15 is 0 Å². The molecule has 26 heavy (non-hydrogen) atoms. The van der Waals surface area contributed by atoms with Crippen molar-refractivity contribution in [3.8, 4) is 11.5 Å². The van der Waals surface area contributed by atoms with Gasteiger partial charge < -0.3 is 23.9 Å². The number of ether oxygens (including phenoxy) is 2. The number of aryl methyl sites for hydroxylation is 1. The molecule has 1 N–H and O–H groups in total. The number of halogens is 1. The Morgan fingerprint density at radius 2 is 2.00 bits per heavy atom. The number of methoxy groups -OCH3 is 1. The highest BCUT2D eigenvalue weighted by Crippen LogP contribution is 2.36. The zero-order valence-electron chi connectivity index (χ0n) is 15.0. The molecule has 0 bridgehead atoms. The molecule has 0 aliphatic heterocycles. The van der Waals surface area contributed by atoms with Crippen LogP contribution in [0.25, 0.3) is 0 Å². The van der Waals surface area contributed by atoms with Crippen LogP contribution in [0, 0.1) is 6.92 Å². The van der Waals surface area contributed by atoms with Gasteiger partial charge in [0.2, 0.25) is 0 Å². The van der Waals surface area contributed by atoms with Gasteiger partial charge in [0.1, 0.15) is 17.1 Å². The molecule has 0 aliphatic rings. The van der Waals surface area contributed by atoms with Crippen LogP contribution < -0.4 is 9.47 Å². The average Bonchev–Trinajstić information content (AvgIpc) is 2.96. The van der Waals surface area contributed by atoms with Gasteiger partial charge in [-0.1, -0.05) is 11.6 Å². The van der Waals surface area contributed by atoms with Crippen LogP contribution in [0.15, 0.2) is 22.6 Å². The maximum absolute atomic E-state index is 12.7. The van der Waals surface area contributed by atoms with Crippen molar-refractivity contribution in [2.45, 2.75) is 20.4 Å². The molecule has 8 heteroatoms. The van der Waals surface area contributed by atoms with Crippen LogP contribution in [0.1, 0.15) is 39.2 Å². The first-order chi connectivity index (χ1) is 12.3. The SMILES string of the molecule is CCOc1c(Cl)cc(C(=O)N(C)Cc2cc(C(=O)O)c(C)o2)cc1OC. The summed E-state index contributed by atoms with van der Waals surface area (Å²) >= 11 is 6.20. The number of hydrogen-bond donors (Lipinski definition) is 1. The van der Waals surface area contributed by atoms with Crippen molar-refractivity contribution in [2.75, 3.05) is 20.8 Å². The predicted molar refractivity (Wildman–Crippen MR) is 95.4 cm³/mol. The zero-order valence-corrected chi connectivity index (χ0v) is 15.7. The second kappa shape index (κ2) is 8.14. The number of hydrogen-bond acceptors (Lipinski definition) is 5. The van der Waals surface area contributed by atoms with Crippen molar-refractivity contribution in [2.24, 2.45) is 0 Å². The van der Waals surface area contributed by atoms with E-state index in [2.05, 4.69) is 0 Å². The van der Waals surface area contributed by atoms with Crippen LogP contribution in [0.2, 0.25) is 5.02 Å². The zero-order chi connectivity index (χ0) is 19.4. The van der Waals surface area contributed by atoms with Gasteiger partial charge in [-0.15, -0.1) is 0 Å². The van der Waals surface area contributed by atoms with Gasteiger partial charge >= 0.3 is 5.97 Å². The Morgan fingerprint density at radius 1 is 1.31 bits per heavy atom. The van der Waals surface area contributed by atoms with Crippen molar-refractivity contribution in [3.05, 3.63) is 45.9 Å². The van der Waals surface area contributed by atoms with E-state index in [1.54, 1.807) is 20.0 Å². The number of carbonyl (C=O) groups excluding carboxylic acids is 1. The van der Waals surface area contributed by atoms with Crippen LogP contribution in [0.5, 0.6) is 11.5 Å². The van der Waals surface area contributed by atoms with Crippen LogP contribution in [0.3, 0.4) is 0 Å². The first-order valence-electron chi connectivity index (χ1n) is 7.86. The molecule has 0 atom stereocenters. The second-order valence-corrected chi connectivity index (χ2v) is 5.98. The maximum atomic E-state index is 12.7. The average molecular weight is 382 g/mol. The van der Waals surface area contributed by atoms with Gasteiger partial charge in [-0.25, -0.2) is 4.79 Å². The van der Waals surface area contributed by atoms with E-state index in [0.29, 0.717) is 35.2 Å². The summed E-state index contributed by atoms with van der Waals surface area (Å²) in [5, 5.41) is 9.35. The van der Waals surface area contributed by atoms with Crippen molar-refractivity contribution in [1.29, 1.82) is 0 Å². The third-order valence-corrected chi connectivity index (χ3v) is 3.98. The molecule has 1 heterocycles. The molecule has 1 aromatic heterocycles. The van der Waals surface area contributed by atoms with Crippen molar-refractivity contribution in [1.82, 2.24) is 4.90 Å². The summed E-state index contributed by atoms with van der Waals surface area (Å²) in [5.74, 6) is 0.00861. The summed E-state index contributed by atoms with van der Waals surface area (Å²) in [6.45, 7) is 3.90. The number of carbonyl (C=O) groups is 2. The van der Waals surface area contributed by atoms with E-state index in [9.17, 15) is 9.59 Å². The lowest BCUT2D eigenvalue weighted by Gasteiger charge is -2.18. The fourth-order valence-electron chi connectivity index (χ4n) is 2.49. The molecule has 0 radical (unpaired) electrons. The molecular formula is C18H20ClNO6. The predicted octanol–water partition coefficient (Wildman–Crippen LogP) is 3.62. The number of amides is 1. The van der Waals surface area contributed by atoms with Crippen LogP contribution in [-0.4, -0.2) is 42.6 Å². The summed E-state index contributed by atoms with van der Waals surface area (Å²) in [6.07, 6.45) is 0. The van der Waals surface area contributed by atoms with E-state index in [0.717, 1.165) is 0 Å². The van der Waals surface area contributed by atoms with Crippen molar-refractivity contribution < 1.29 is 28.6 Å². The molecular weight excluding hydrogens is 362 g/mol. The van der Waals surface area contributed by atoms with E-state index < -0.39 is 5.97 Å². The minimum Gasteiger partial charge on any atom is -0.493 e. The molecule has 0 spiro atoms. The molecule has 0 aliphatic carbocycles. The maximum Gasteiger partial charge on any atom is 0.339 e. The Kier molecular flexibility index (Phi) is 6.15. The lowest BCUT2D eigenvalue weighted by molar-refractivity contribution is 0.0694. The van der Waals surface area contributed by atoms with Gasteiger partial charge in [0.05, 0.1) is 25.3 Å². The summed E-state index contributed by atoms with van der Waals surface area (Å²) in [4.78, 5) is 25.2. The van der Waals surface area contributed by atoms with Crippen LogP contribution in [-0.2, 0) is 6.54 Å². The number of benzene rings is 1. The fourth-order valence-corrected chi connectivity index (χ4v) is 2.75. The number of carboxylic acid groups (broad SMARTS) is 1. The quantitative estimate of drug-likeness (QED) is 0.787. The van der Waals surface area contributed by atoms with E-state index in [4.69, 9.17) is 30.6 Å². The topological polar surface area (TPSA) is 89.2 Å². The smallest absolute Gasteiger partial charge is 0.339 e. The number of carboxylic acids is 1. The minimum atomic E-state index is -1.07. The number of nitrogens with zero attached hydrogens (tertiary/aromatic N) is 1. The van der Waals surface area contributed by atoms with E-state index in [1.165, 1.54) is 24.1 Å². The molecule has 0 saturated carbocycles. The summed E-state index contributed by atoms with van der Waals surface area (Å²) in [6, 6.07) is 4.46. The van der Waals surface area contributed by atoms with Crippen LogP contribution in [0.4, 0.5) is 0 Å². The van der Waals surface area contributed by atoms with E-state index in [1.807, 2.05) is 6.92 Å². The molecule has 7 nitrogen and oxygen atoms in total. The second-order valence-electron chi connectivity index (χ2n) is 5.57. The third-order valence-electron chi connectivity index (χ3n) is 3.70. The van der Waals surface area contributed by atoms with Gasteiger partial charge in [0.25, 0.3) is 5.91 Å². The molecule has 1 amide bonds. The summed E-state index contributed by atoms with van der Waals surface area (Å²) in [5.41, 5.74) is 0.395. The number of furan rings is 1. The molecule has 140 valence electrons. The Labute approximate surface area is 156 Å². The highest BCUT2D eigenvalue weighted by atomic mass is 35.5. The van der Waals surface area contributed by atoms with Gasteiger partial charge in [0.15, 0.2) is 11.5 Å². The molecule has 0 fully saturated rings. The van der Waals surface area contributed by atoms with E-state index in [-0.39, 0.29) is 23.0 Å². The molecule has 0 saturated heterocycles. The minimum absolute atomic E-state index is 0.0756. The van der Waals surface area contributed by atoms with Gasteiger partial charge in [-0.3, -0.25) is 4.79 Å². The highest BCUT2D eigenvalue weighted by molar-refractivity contribution is 6.32. The summed E-state index contributed by atoms with van der Waals surface area (Å²) < 4.78 is 16.1. The lowest BCUT2D eigenvalue weighted by atomic mass is 10.1. The fraction of sp³-hybridized carbons (Fsp3) is 0.333. The van der Waals surface area contributed by atoms with Gasteiger partial charge in [-0.2, -0.15) is 0 Å². The largest absolute Gasteiger partial charge is 0.493 e. The highest BCUT2D eigenvalue weighted by Gasteiger charge is 2.20. The lowest BCUT2D eigenvalue weighted by Crippen LogP contribution is -2.26. The Balaban J connectivity index is 2.24. The Hall–Kier alpha value is -2.67. The number of aromatic carboxylic acids is 1. The van der Waals surface area contributed by atoms with Crippen molar-refractivity contribution in [3.63, 3.8) is 0 Å². The number of rotatable bonds is 7. The standard InChI is InChI=1S/C18H20ClNO6/c1-5-25-16-14(19)6-11(7-15(16)24-4)17(21)20(3)9-12-8-13(18(22)23)10(2)26-12/h6-8H,5,9H2,1-4H3,(H,22,23). The molecule has 0 unspecified atom stereocenters. The molecule has 2 rings (SSSR count). The monoisotopic (exact) mass is 381 g/mol. The first kappa shape index (κ1) is 19.7. The van der Waals surface area contributed by atoms with Crippen LogP contribution >= 0.6 is 11.6 Å². The Morgan fingerprint density at radius 3 is 2.54 bits per heavy atom. The van der Waals surface area contributed by atoms with Crippen molar-refractivity contribution >= 4 is 23.5 Å². The summed E-state index contributed by atoms with van der Waals surface area (Å²) in [7, 11) is 3.04. The molecule has 2 aromatic rings. The van der Waals surface area contributed by atoms with Gasteiger partial charge in [0, 0.05) is 12.6 Å². The third kappa shape index (κ3) is 4.11. The first-order valence-corrected chi connectivity index (χ1v) is 8.24. The molecule has 1 aromatic carbocycles. The van der Waals surface area contributed by atoms with Gasteiger partial charge in [-0.05, 0) is 32.0 Å². The normalized spacial score (nSPS) is 10.5.